The van der Waals surface area contributed by atoms with Gasteiger partial charge in [-0.2, -0.15) is 0 Å². The first-order valence-corrected chi connectivity index (χ1v) is 8.33. The first-order chi connectivity index (χ1) is 10.8. The molecule has 0 atom stereocenters. The summed E-state index contributed by atoms with van der Waals surface area (Å²) < 4.78 is 38.2. The third-order valence-corrected chi connectivity index (χ3v) is 4.83. The molecule has 0 spiro atoms. The lowest BCUT2D eigenvalue weighted by Gasteiger charge is -2.09. The van der Waals surface area contributed by atoms with Gasteiger partial charge in [0.2, 0.25) is 11.0 Å². The molecule has 2 aromatic rings. The Morgan fingerprint density at radius 2 is 1.26 bits per heavy atom. The maximum absolute atomic E-state index is 13.1. The lowest BCUT2D eigenvalue weighted by atomic mass is 10.2. The van der Waals surface area contributed by atoms with E-state index in [0.29, 0.717) is 0 Å². The molecule has 0 bridgehead atoms. The molecule has 0 aromatic heterocycles. The van der Waals surface area contributed by atoms with Gasteiger partial charge in [0.15, 0.2) is 0 Å². The highest BCUT2D eigenvalue weighted by molar-refractivity contribution is 7.89. The summed E-state index contributed by atoms with van der Waals surface area (Å²) in [5.74, 6) is -1.18. The molecular formula is C16H13F2O4P. The molecule has 0 radical (unpaired) electrons. The molecule has 7 heteroatoms. The summed E-state index contributed by atoms with van der Waals surface area (Å²) in [6, 6.07) is 9.98. The molecule has 2 aromatic carbocycles. The van der Waals surface area contributed by atoms with E-state index in [4.69, 9.17) is 0 Å². The van der Waals surface area contributed by atoms with Gasteiger partial charge in [-0.3, -0.25) is 14.2 Å². The highest BCUT2D eigenvalue weighted by Gasteiger charge is 2.36. The topological polar surface area (TPSA) is 71.4 Å². The second-order valence-corrected chi connectivity index (χ2v) is 7.13. The number of halogens is 2. The third-order valence-electron chi connectivity index (χ3n) is 3.16. The highest BCUT2D eigenvalue weighted by atomic mass is 31.2. The van der Waals surface area contributed by atoms with E-state index in [0.717, 1.165) is 12.1 Å². The van der Waals surface area contributed by atoms with Crippen LogP contribution in [0.25, 0.3) is 0 Å². The summed E-state index contributed by atoms with van der Waals surface area (Å²) in [6.07, 6.45) is -1.05. The first kappa shape index (κ1) is 17.2. The fourth-order valence-corrected chi connectivity index (χ4v) is 3.07. The fraction of sp³-hybridized carbons (Fsp3) is 0.125. The van der Waals surface area contributed by atoms with Crippen LogP contribution in [0.3, 0.4) is 0 Å². The molecule has 0 aliphatic rings. The summed E-state index contributed by atoms with van der Waals surface area (Å²) in [7, 11) is -4.76. The van der Waals surface area contributed by atoms with Crippen LogP contribution in [0.4, 0.5) is 8.78 Å². The van der Waals surface area contributed by atoms with Gasteiger partial charge >= 0.3 is 7.37 Å². The Bertz CT molecular complexity index is 741. The monoisotopic (exact) mass is 338 g/mol. The van der Waals surface area contributed by atoms with Gasteiger partial charge in [0.25, 0.3) is 0 Å². The van der Waals surface area contributed by atoms with E-state index in [-0.39, 0.29) is 11.1 Å². The van der Waals surface area contributed by atoms with Crippen molar-refractivity contribution in [2.24, 2.45) is 0 Å². The molecule has 4 nitrogen and oxygen atoms in total. The second kappa shape index (κ2) is 6.94. The molecule has 0 aliphatic heterocycles. The Morgan fingerprint density at radius 3 is 1.61 bits per heavy atom. The van der Waals surface area contributed by atoms with Crippen molar-refractivity contribution in [1.82, 2.24) is 0 Å². The smallest absolute Gasteiger partial charge is 0.328 e. The normalized spacial score (nSPS) is 11.3. The molecule has 23 heavy (non-hydrogen) atoms. The number of hydrogen-bond donors (Lipinski definition) is 1. The van der Waals surface area contributed by atoms with Gasteiger partial charge < -0.3 is 4.89 Å². The summed E-state index contributed by atoms with van der Waals surface area (Å²) >= 11 is 0. The van der Waals surface area contributed by atoms with Crippen molar-refractivity contribution in [3.05, 3.63) is 71.3 Å². The molecule has 1 N–H and O–H groups in total. The zero-order valence-corrected chi connectivity index (χ0v) is 12.8. The molecule has 0 fully saturated rings. The standard InChI is InChI=1S/C16H13F2O4P/c17-13-5-1-3-11(7-13)9-15(19)23(21,22)16(20)10-12-4-2-6-14(18)8-12/h1-8H,9-10H2,(H,21,22). The van der Waals surface area contributed by atoms with Crippen LogP contribution in [0, 0.1) is 11.6 Å². The number of rotatable bonds is 6. The van der Waals surface area contributed by atoms with E-state index in [1.54, 1.807) is 0 Å². The molecule has 0 unspecified atom stereocenters. The van der Waals surface area contributed by atoms with E-state index in [2.05, 4.69) is 0 Å². The average Bonchev–Trinajstić information content (AvgIpc) is 2.47. The van der Waals surface area contributed by atoms with Gasteiger partial charge in [0, 0.05) is 12.8 Å². The van der Waals surface area contributed by atoms with Crippen molar-refractivity contribution in [2.45, 2.75) is 12.8 Å². The van der Waals surface area contributed by atoms with Gasteiger partial charge in [-0.25, -0.2) is 8.78 Å². The minimum atomic E-state index is -4.76. The number of carbonyl (C=O) groups excluding carboxylic acids is 2. The summed E-state index contributed by atoms with van der Waals surface area (Å²) in [4.78, 5) is 33.6. The summed E-state index contributed by atoms with van der Waals surface area (Å²) in [5, 5.41) is 0. The van der Waals surface area contributed by atoms with E-state index >= 15 is 0 Å². The highest BCUT2D eigenvalue weighted by Crippen LogP contribution is 2.44. The van der Waals surface area contributed by atoms with Crippen molar-refractivity contribution in [1.29, 1.82) is 0 Å². The Balaban J connectivity index is 2.11. The quantitative estimate of drug-likeness (QED) is 0.822. The number of benzene rings is 2. The maximum Gasteiger partial charge on any atom is 0.328 e. The Labute approximate surface area is 131 Å². The first-order valence-electron chi connectivity index (χ1n) is 6.67. The zero-order chi connectivity index (χ0) is 17.0. The van der Waals surface area contributed by atoms with Gasteiger partial charge in [0.05, 0.1) is 0 Å². The van der Waals surface area contributed by atoms with Gasteiger partial charge in [-0.15, -0.1) is 0 Å². The second-order valence-electron chi connectivity index (χ2n) is 4.98. The molecule has 0 aliphatic carbocycles. The van der Waals surface area contributed by atoms with Crippen LogP contribution in [0.2, 0.25) is 0 Å². The minimum absolute atomic E-state index is 0.197. The van der Waals surface area contributed by atoms with Gasteiger partial charge in [-0.1, -0.05) is 24.3 Å². The van der Waals surface area contributed by atoms with Crippen LogP contribution in [0.1, 0.15) is 11.1 Å². The van der Waals surface area contributed by atoms with Crippen LogP contribution in [0.15, 0.2) is 48.5 Å². The van der Waals surface area contributed by atoms with Crippen molar-refractivity contribution in [2.75, 3.05) is 0 Å². The molecule has 0 saturated carbocycles. The van der Waals surface area contributed by atoms with E-state index in [1.807, 2.05) is 0 Å². The Hall–Kier alpha value is -2.17. The van der Waals surface area contributed by atoms with Crippen LogP contribution in [0.5, 0.6) is 0 Å². The van der Waals surface area contributed by atoms with Crippen molar-refractivity contribution in [3.8, 4) is 0 Å². The van der Waals surface area contributed by atoms with Crippen LogP contribution >= 0.6 is 7.37 Å². The molecule has 2 rings (SSSR count). The van der Waals surface area contributed by atoms with Gasteiger partial charge in [-0.05, 0) is 35.4 Å². The Kier molecular flexibility index (Phi) is 5.19. The summed E-state index contributed by atoms with van der Waals surface area (Å²) in [5.41, 5.74) is -1.96. The largest absolute Gasteiger partial charge is 0.334 e. The molecule has 0 heterocycles. The van der Waals surface area contributed by atoms with Crippen LogP contribution in [-0.2, 0) is 27.0 Å². The average molecular weight is 338 g/mol. The van der Waals surface area contributed by atoms with E-state index < -0.39 is 42.9 Å². The lowest BCUT2D eigenvalue weighted by Crippen LogP contribution is -2.13. The molecule has 0 saturated heterocycles. The number of carbonyl (C=O) groups is 2. The van der Waals surface area contributed by atoms with Crippen LogP contribution < -0.4 is 0 Å². The maximum atomic E-state index is 13.1. The number of hydrogen-bond acceptors (Lipinski definition) is 3. The summed E-state index contributed by atoms with van der Waals surface area (Å²) in [6.45, 7) is 0. The molecule has 120 valence electrons. The van der Waals surface area contributed by atoms with Gasteiger partial charge in [0.1, 0.15) is 11.6 Å². The minimum Gasteiger partial charge on any atom is -0.334 e. The predicted molar refractivity (Wildman–Crippen MR) is 80.0 cm³/mol. The Morgan fingerprint density at radius 1 is 0.870 bits per heavy atom. The molecular weight excluding hydrogens is 325 g/mol. The lowest BCUT2D eigenvalue weighted by molar-refractivity contribution is -0.115. The fourth-order valence-electron chi connectivity index (χ4n) is 2.00. The van der Waals surface area contributed by atoms with E-state index in [1.165, 1.54) is 36.4 Å². The van der Waals surface area contributed by atoms with Crippen molar-refractivity contribution < 1.29 is 27.8 Å². The predicted octanol–water partition coefficient (Wildman–Crippen LogP) is 3.07. The van der Waals surface area contributed by atoms with Crippen LogP contribution in [-0.4, -0.2) is 15.9 Å². The van der Waals surface area contributed by atoms with E-state index in [9.17, 15) is 27.8 Å². The SMILES string of the molecule is O=C(Cc1cccc(F)c1)P(=O)(O)C(=O)Cc1cccc(F)c1. The zero-order valence-electron chi connectivity index (χ0n) is 11.9. The third kappa shape index (κ3) is 4.41. The van der Waals surface area contributed by atoms with Crippen molar-refractivity contribution in [3.63, 3.8) is 0 Å². The molecule has 0 amide bonds. The van der Waals surface area contributed by atoms with Crippen molar-refractivity contribution >= 4 is 18.4 Å².